The maximum absolute atomic E-state index is 5.77. The molecule has 0 aromatic carbocycles. The molecule has 0 unspecified atom stereocenters. The highest BCUT2D eigenvalue weighted by molar-refractivity contribution is 9.11. The van der Waals surface area contributed by atoms with E-state index < -0.39 is 0 Å². The average molecular weight is 301 g/mol. The summed E-state index contributed by atoms with van der Waals surface area (Å²) in [6, 6.07) is 4.19. The van der Waals surface area contributed by atoms with Gasteiger partial charge in [-0.15, -0.1) is 11.3 Å². The van der Waals surface area contributed by atoms with Gasteiger partial charge in [0.25, 0.3) is 0 Å². The zero-order chi connectivity index (χ0) is 11.5. The second-order valence-corrected chi connectivity index (χ2v) is 6.04. The maximum Gasteiger partial charge on any atom is 0.171 e. The standard InChI is InChI=1S/C10H13BrN4S/c1-15-6-8(12)10(14-15)13-5-4-7-2-3-9(11)16-7/h2-3,6H,4-5,12H2,1H3,(H,13,14). The number of aromatic nitrogens is 2. The van der Waals surface area contributed by atoms with E-state index in [9.17, 15) is 0 Å². The molecule has 2 aromatic heterocycles. The summed E-state index contributed by atoms with van der Waals surface area (Å²) in [5, 5.41) is 7.45. The van der Waals surface area contributed by atoms with Gasteiger partial charge < -0.3 is 11.1 Å². The summed E-state index contributed by atoms with van der Waals surface area (Å²) in [4.78, 5) is 1.34. The molecule has 4 nitrogen and oxygen atoms in total. The fraction of sp³-hybridized carbons (Fsp3) is 0.300. The molecule has 0 amide bonds. The Morgan fingerprint density at radius 3 is 2.94 bits per heavy atom. The molecule has 16 heavy (non-hydrogen) atoms. The zero-order valence-corrected chi connectivity index (χ0v) is 11.3. The number of hydrogen-bond acceptors (Lipinski definition) is 4. The Hall–Kier alpha value is -1.01. The van der Waals surface area contributed by atoms with Crippen molar-refractivity contribution in [3.8, 4) is 0 Å². The lowest BCUT2D eigenvalue weighted by atomic mass is 10.3. The quantitative estimate of drug-likeness (QED) is 0.912. The third kappa shape index (κ3) is 2.76. The van der Waals surface area contributed by atoms with Crippen molar-refractivity contribution < 1.29 is 0 Å². The minimum atomic E-state index is 0.690. The molecular formula is C10H13BrN4S. The summed E-state index contributed by atoms with van der Waals surface area (Å²) in [7, 11) is 1.86. The zero-order valence-electron chi connectivity index (χ0n) is 8.90. The predicted molar refractivity (Wildman–Crippen MR) is 71.8 cm³/mol. The van der Waals surface area contributed by atoms with Gasteiger partial charge in [0.05, 0.1) is 9.47 Å². The van der Waals surface area contributed by atoms with E-state index in [1.165, 1.54) is 8.66 Å². The fourth-order valence-electron chi connectivity index (χ4n) is 1.43. The molecule has 86 valence electrons. The number of nitrogens with zero attached hydrogens (tertiary/aromatic N) is 2. The van der Waals surface area contributed by atoms with E-state index >= 15 is 0 Å². The van der Waals surface area contributed by atoms with E-state index in [2.05, 4.69) is 38.5 Å². The van der Waals surface area contributed by atoms with Crippen molar-refractivity contribution in [1.29, 1.82) is 0 Å². The Morgan fingerprint density at radius 1 is 1.56 bits per heavy atom. The first-order valence-corrected chi connectivity index (χ1v) is 6.53. The number of nitrogens with one attached hydrogen (secondary N) is 1. The third-order valence-corrected chi connectivity index (χ3v) is 3.83. The van der Waals surface area contributed by atoms with Gasteiger partial charge in [0.2, 0.25) is 0 Å². The van der Waals surface area contributed by atoms with Gasteiger partial charge in [0.1, 0.15) is 0 Å². The van der Waals surface area contributed by atoms with Gasteiger partial charge >= 0.3 is 0 Å². The van der Waals surface area contributed by atoms with Crippen LogP contribution in [0, 0.1) is 0 Å². The van der Waals surface area contributed by atoms with Crippen molar-refractivity contribution in [3.05, 3.63) is 27.0 Å². The Bertz CT molecular complexity index is 477. The summed E-state index contributed by atoms with van der Waals surface area (Å²) < 4.78 is 2.87. The molecule has 0 aliphatic heterocycles. The minimum Gasteiger partial charge on any atom is -0.394 e. The van der Waals surface area contributed by atoms with Gasteiger partial charge in [-0.1, -0.05) is 0 Å². The van der Waals surface area contributed by atoms with Crippen molar-refractivity contribution in [1.82, 2.24) is 9.78 Å². The van der Waals surface area contributed by atoms with E-state index in [0.717, 1.165) is 18.8 Å². The minimum absolute atomic E-state index is 0.690. The number of thiophene rings is 1. The number of hydrogen-bond donors (Lipinski definition) is 2. The van der Waals surface area contributed by atoms with Crippen LogP contribution in [0.3, 0.4) is 0 Å². The predicted octanol–water partition coefficient (Wildman–Crippen LogP) is 2.48. The summed E-state index contributed by atoms with van der Waals surface area (Å²) in [5.74, 6) is 0.762. The first kappa shape index (κ1) is 11.5. The maximum atomic E-state index is 5.77. The summed E-state index contributed by atoms with van der Waals surface area (Å²) in [5.41, 5.74) is 6.46. The molecule has 0 atom stereocenters. The highest BCUT2D eigenvalue weighted by atomic mass is 79.9. The molecule has 0 aliphatic carbocycles. The van der Waals surface area contributed by atoms with Gasteiger partial charge in [-0.3, -0.25) is 4.68 Å². The van der Waals surface area contributed by atoms with Crippen molar-refractivity contribution in [2.45, 2.75) is 6.42 Å². The summed E-state index contributed by atoms with van der Waals surface area (Å²) in [6.45, 7) is 0.841. The lowest BCUT2D eigenvalue weighted by Crippen LogP contribution is -2.06. The van der Waals surface area contributed by atoms with Crippen molar-refractivity contribution in [2.75, 3.05) is 17.6 Å². The number of nitrogens with two attached hydrogens (primary N) is 1. The molecule has 2 rings (SSSR count). The first-order chi connectivity index (χ1) is 7.65. The van der Waals surface area contributed by atoms with Gasteiger partial charge in [-0.05, 0) is 34.5 Å². The average Bonchev–Trinajstić information content (AvgIpc) is 2.74. The molecule has 6 heteroatoms. The molecule has 0 bridgehead atoms. The van der Waals surface area contributed by atoms with Crippen LogP contribution < -0.4 is 11.1 Å². The molecule has 0 spiro atoms. The van der Waals surface area contributed by atoms with Gasteiger partial charge in [-0.2, -0.15) is 5.10 Å². The number of nitrogen functional groups attached to an aromatic ring is 1. The number of anilines is 2. The smallest absolute Gasteiger partial charge is 0.171 e. The van der Waals surface area contributed by atoms with Crippen LogP contribution in [0.5, 0.6) is 0 Å². The van der Waals surface area contributed by atoms with Gasteiger partial charge in [0.15, 0.2) is 5.82 Å². The summed E-state index contributed by atoms with van der Waals surface area (Å²) >= 11 is 5.20. The number of rotatable bonds is 4. The Kier molecular flexibility index (Phi) is 3.50. The van der Waals surface area contributed by atoms with Crippen molar-refractivity contribution in [3.63, 3.8) is 0 Å². The van der Waals surface area contributed by atoms with E-state index in [1.54, 1.807) is 22.2 Å². The highest BCUT2D eigenvalue weighted by Crippen LogP contribution is 2.22. The highest BCUT2D eigenvalue weighted by Gasteiger charge is 2.03. The van der Waals surface area contributed by atoms with Crippen LogP contribution in [-0.4, -0.2) is 16.3 Å². The normalized spacial score (nSPS) is 10.6. The molecular weight excluding hydrogens is 288 g/mol. The first-order valence-electron chi connectivity index (χ1n) is 4.92. The van der Waals surface area contributed by atoms with Gasteiger partial charge in [0, 0.05) is 24.7 Å². The molecule has 0 aliphatic rings. The number of halogens is 1. The van der Waals surface area contributed by atoms with Crippen LogP contribution in [0.15, 0.2) is 22.1 Å². The molecule has 0 saturated carbocycles. The van der Waals surface area contributed by atoms with Crippen LogP contribution in [0.1, 0.15) is 4.88 Å². The number of aryl methyl sites for hydroxylation is 1. The van der Waals surface area contributed by atoms with E-state index in [4.69, 9.17) is 5.73 Å². The summed E-state index contributed by atoms with van der Waals surface area (Å²) in [6.07, 6.45) is 2.77. The Morgan fingerprint density at radius 2 is 2.38 bits per heavy atom. The molecule has 2 aromatic rings. The fourth-order valence-corrected chi connectivity index (χ4v) is 2.92. The van der Waals surface area contributed by atoms with Crippen molar-refractivity contribution >= 4 is 38.8 Å². The van der Waals surface area contributed by atoms with Crippen LogP contribution in [0.25, 0.3) is 0 Å². The van der Waals surface area contributed by atoms with Crippen molar-refractivity contribution in [2.24, 2.45) is 7.05 Å². The SMILES string of the molecule is Cn1cc(N)c(NCCc2ccc(Br)s2)n1. The van der Waals surface area contributed by atoms with E-state index in [-0.39, 0.29) is 0 Å². The molecule has 3 N–H and O–H groups in total. The van der Waals surface area contributed by atoms with Crippen LogP contribution in [0.2, 0.25) is 0 Å². The Labute approximate surface area is 107 Å². The second kappa shape index (κ2) is 4.88. The van der Waals surface area contributed by atoms with E-state index in [0.29, 0.717) is 5.69 Å². The van der Waals surface area contributed by atoms with Crippen LogP contribution in [0.4, 0.5) is 11.5 Å². The lowest BCUT2D eigenvalue weighted by Gasteiger charge is -2.02. The third-order valence-electron chi connectivity index (χ3n) is 2.15. The molecule has 0 fully saturated rings. The molecule has 0 saturated heterocycles. The Balaban J connectivity index is 1.86. The van der Waals surface area contributed by atoms with Crippen LogP contribution in [-0.2, 0) is 13.5 Å². The molecule has 2 heterocycles. The lowest BCUT2D eigenvalue weighted by molar-refractivity contribution is 0.768. The second-order valence-electron chi connectivity index (χ2n) is 3.49. The largest absolute Gasteiger partial charge is 0.394 e. The molecule has 0 radical (unpaired) electrons. The van der Waals surface area contributed by atoms with Crippen LogP contribution >= 0.6 is 27.3 Å². The van der Waals surface area contributed by atoms with Gasteiger partial charge in [-0.25, -0.2) is 0 Å². The monoisotopic (exact) mass is 300 g/mol. The van der Waals surface area contributed by atoms with E-state index in [1.807, 2.05) is 7.05 Å². The topological polar surface area (TPSA) is 55.9 Å².